The van der Waals surface area contributed by atoms with Crippen molar-refractivity contribution in [2.45, 2.75) is 37.6 Å². The van der Waals surface area contributed by atoms with Crippen LogP contribution < -0.4 is 11.0 Å². The van der Waals surface area contributed by atoms with E-state index in [4.69, 9.17) is 0 Å². The van der Waals surface area contributed by atoms with Crippen LogP contribution in [0.5, 0.6) is 0 Å². The van der Waals surface area contributed by atoms with Crippen molar-refractivity contribution in [3.8, 4) is 0 Å². The molecule has 2 aromatic rings. The third-order valence-electron chi connectivity index (χ3n) is 3.30. The van der Waals surface area contributed by atoms with Crippen LogP contribution in [0.2, 0.25) is 0 Å². The summed E-state index contributed by atoms with van der Waals surface area (Å²) in [4.78, 5) is 30.4. The van der Waals surface area contributed by atoms with Crippen LogP contribution in [0.25, 0.3) is 0 Å². The molecule has 9 heteroatoms. The highest BCUT2D eigenvalue weighted by Crippen LogP contribution is 2.27. The van der Waals surface area contributed by atoms with Crippen molar-refractivity contribution < 1.29 is 4.79 Å². The molecule has 1 aliphatic carbocycles. The maximum Gasteiger partial charge on any atom is 0.346 e. The van der Waals surface area contributed by atoms with Crippen molar-refractivity contribution in [2.24, 2.45) is 0 Å². The fourth-order valence-corrected chi connectivity index (χ4v) is 3.85. The fraction of sp³-hybridized carbons (Fsp3) is 0.462. The number of aryl methyl sites for hydroxylation is 2. The molecule has 0 saturated heterocycles. The lowest BCUT2D eigenvalue weighted by Crippen LogP contribution is -2.20. The molecule has 0 aromatic carbocycles. The largest absolute Gasteiger partial charge is 0.346 e. The number of fused-ring (bicyclic) bond motifs is 1. The molecule has 1 aliphatic rings. The summed E-state index contributed by atoms with van der Waals surface area (Å²) in [5, 5.41) is 12.4. The average Bonchev–Trinajstić information content (AvgIpc) is 2.89. The first-order valence-electron chi connectivity index (χ1n) is 6.96. The Labute approximate surface area is 135 Å². The van der Waals surface area contributed by atoms with E-state index in [0.717, 1.165) is 41.9 Å². The van der Waals surface area contributed by atoms with Gasteiger partial charge in [0.25, 0.3) is 0 Å². The molecule has 0 spiro atoms. The summed E-state index contributed by atoms with van der Waals surface area (Å²) >= 11 is 2.63. The molecule has 0 atom stereocenters. The number of anilines is 1. The van der Waals surface area contributed by atoms with Crippen molar-refractivity contribution in [1.29, 1.82) is 0 Å². The normalized spacial score (nSPS) is 13.7. The van der Waals surface area contributed by atoms with Crippen LogP contribution >= 0.6 is 23.1 Å². The predicted molar refractivity (Wildman–Crippen MR) is 85.5 cm³/mol. The van der Waals surface area contributed by atoms with Gasteiger partial charge in [0.05, 0.1) is 5.75 Å². The first kappa shape index (κ1) is 15.2. The molecule has 3 rings (SSSR count). The molecule has 7 nitrogen and oxygen atoms in total. The maximum absolute atomic E-state index is 11.9. The van der Waals surface area contributed by atoms with Crippen LogP contribution in [0, 0.1) is 6.92 Å². The van der Waals surface area contributed by atoms with Gasteiger partial charge in [-0.3, -0.25) is 10.1 Å². The molecule has 1 amide bonds. The minimum atomic E-state index is -0.344. The number of H-pyrrole nitrogens is 1. The number of carbonyl (C=O) groups excluding carboxylic acids is 1. The lowest BCUT2D eigenvalue weighted by atomic mass is 9.98. The van der Waals surface area contributed by atoms with E-state index in [0.29, 0.717) is 10.2 Å². The van der Waals surface area contributed by atoms with E-state index in [1.54, 1.807) is 0 Å². The Bertz CT molecular complexity index is 755. The van der Waals surface area contributed by atoms with Crippen molar-refractivity contribution >= 4 is 34.1 Å². The van der Waals surface area contributed by atoms with Gasteiger partial charge in [0.15, 0.2) is 0 Å². The van der Waals surface area contributed by atoms with Gasteiger partial charge >= 0.3 is 5.69 Å². The van der Waals surface area contributed by atoms with Crippen LogP contribution in [0.15, 0.2) is 9.82 Å². The number of aromatic nitrogens is 4. The van der Waals surface area contributed by atoms with E-state index >= 15 is 0 Å². The number of carbonyl (C=O) groups is 1. The summed E-state index contributed by atoms with van der Waals surface area (Å²) in [6, 6.07) is 0. The quantitative estimate of drug-likeness (QED) is 0.648. The number of amides is 1. The Hall–Kier alpha value is -1.74. The van der Waals surface area contributed by atoms with Crippen molar-refractivity contribution in [2.75, 3.05) is 11.1 Å². The molecule has 0 radical (unpaired) electrons. The lowest BCUT2D eigenvalue weighted by Gasteiger charge is -2.17. The lowest BCUT2D eigenvalue weighted by molar-refractivity contribution is -0.113. The molecule has 0 bridgehead atoms. The zero-order valence-electron chi connectivity index (χ0n) is 12.0. The molecule has 116 valence electrons. The number of hydrogen-bond acceptors (Lipinski definition) is 7. The summed E-state index contributed by atoms with van der Waals surface area (Å²) in [6.07, 6.45) is 3.94. The highest BCUT2D eigenvalue weighted by molar-refractivity contribution is 8.00. The number of hydrogen-bond donors (Lipinski definition) is 2. The third-order valence-corrected chi connectivity index (χ3v) is 5.07. The number of thioether (sulfide) groups is 1. The number of nitrogens with zero attached hydrogens (tertiary/aromatic N) is 3. The molecule has 2 N–H and O–H groups in total. The van der Waals surface area contributed by atoms with Crippen LogP contribution in [-0.4, -0.2) is 31.8 Å². The fourth-order valence-electron chi connectivity index (χ4n) is 2.35. The molecule has 0 aliphatic heterocycles. The molecular formula is C13H15N5O2S2. The Morgan fingerprint density at radius 3 is 2.95 bits per heavy atom. The summed E-state index contributed by atoms with van der Waals surface area (Å²) < 4.78 is 0. The number of aromatic amines is 1. The maximum atomic E-state index is 11.9. The SMILES string of the molecule is Cc1nnc(NC(=O)CSc2nc(=O)[nH]c3c2CCCC3)s1. The molecule has 22 heavy (non-hydrogen) atoms. The zero-order chi connectivity index (χ0) is 15.5. The molecule has 2 aromatic heterocycles. The molecule has 0 saturated carbocycles. The summed E-state index contributed by atoms with van der Waals surface area (Å²) in [7, 11) is 0. The Balaban J connectivity index is 1.67. The van der Waals surface area contributed by atoms with Gasteiger partial charge in [0, 0.05) is 11.3 Å². The van der Waals surface area contributed by atoms with Crippen LogP contribution in [0.4, 0.5) is 5.13 Å². The van der Waals surface area contributed by atoms with E-state index in [2.05, 4.69) is 25.5 Å². The van der Waals surface area contributed by atoms with Crippen molar-refractivity contribution in [3.05, 3.63) is 26.7 Å². The first-order chi connectivity index (χ1) is 10.6. The Morgan fingerprint density at radius 2 is 2.18 bits per heavy atom. The van der Waals surface area contributed by atoms with E-state index in [-0.39, 0.29) is 17.3 Å². The van der Waals surface area contributed by atoms with Crippen molar-refractivity contribution in [1.82, 2.24) is 20.2 Å². The summed E-state index contributed by atoms with van der Waals surface area (Å²) in [6.45, 7) is 1.83. The van der Waals surface area contributed by atoms with Gasteiger partial charge in [-0.15, -0.1) is 10.2 Å². The van der Waals surface area contributed by atoms with Gasteiger partial charge in [-0.1, -0.05) is 23.1 Å². The van der Waals surface area contributed by atoms with E-state index in [1.807, 2.05) is 6.92 Å². The van der Waals surface area contributed by atoms with Crippen LogP contribution in [0.1, 0.15) is 29.1 Å². The molecular weight excluding hydrogens is 322 g/mol. The Kier molecular flexibility index (Phi) is 4.53. The number of nitrogens with one attached hydrogen (secondary N) is 2. The zero-order valence-corrected chi connectivity index (χ0v) is 13.6. The molecule has 0 unspecified atom stereocenters. The van der Waals surface area contributed by atoms with Gasteiger partial charge in [-0.05, 0) is 32.6 Å². The predicted octanol–water partition coefficient (Wildman–Crippen LogP) is 1.54. The van der Waals surface area contributed by atoms with Gasteiger partial charge in [-0.25, -0.2) is 4.79 Å². The summed E-state index contributed by atoms with van der Waals surface area (Å²) in [5.74, 6) is 0.0226. The second-order valence-electron chi connectivity index (χ2n) is 4.97. The second-order valence-corrected chi connectivity index (χ2v) is 7.12. The van der Waals surface area contributed by atoms with Gasteiger partial charge < -0.3 is 4.98 Å². The van der Waals surface area contributed by atoms with Gasteiger partial charge in [0.2, 0.25) is 11.0 Å². The van der Waals surface area contributed by atoms with Gasteiger partial charge in [0.1, 0.15) is 10.0 Å². The second kappa shape index (κ2) is 6.57. The minimum absolute atomic E-state index is 0.173. The standard InChI is InChI=1S/C13H15N5O2S2/c1-7-17-18-13(22-7)15-10(19)6-21-11-8-4-2-3-5-9(8)14-12(20)16-11/h2-6H2,1H3,(H,14,16,20)(H,15,18,19). The van der Waals surface area contributed by atoms with E-state index < -0.39 is 0 Å². The minimum Gasteiger partial charge on any atom is -0.309 e. The highest BCUT2D eigenvalue weighted by atomic mass is 32.2. The monoisotopic (exact) mass is 337 g/mol. The van der Waals surface area contributed by atoms with Gasteiger partial charge in [-0.2, -0.15) is 4.98 Å². The highest BCUT2D eigenvalue weighted by Gasteiger charge is 2.17. The topological polar surface area (TPSA) is 101 Å². The first-order valence-corrected chi connectivity index (χ1v) is 8.77. The third kappa shape index (κ3) is 3.53. The Morgan fingerprint density at radius 1 is 1.36 bits per heavy atom. The van der Waals surface area contributed by atoms with Crippen molar-refractivity contribution in [3.63, 3.8) is 0 Å². The molecule has 0 fully saturated rings. The number of rotatable bonds is 4. The molecule has 2 heterocycles. The van der Waals surface area contributed by atoms with Crippen LogP contribution in [-0.2, 0) is 17.6 Å². The average molecular weight is 337 g/mol. The van der Waals surface area contributed by atoms with Crippen LogP contribution in [0.3, 0.4) is 0 Å². The van der Waals surface area contributed by atoms with E-state index in [9.17, 15) is 9.59 Å². The summed E-state index contributed by atoms with van der Waals surface area (Å²) in [5.41, 5.74) is 1.70. The van der Waals surface area contributed by atoms with E-state index in [1.165, 1.54) is 23.1 Å². The smallest absolute Gasteiger partial charge is 0.309 e.